The van der Waals surface area contributed by atoms with Crippen molar-refractivity contribution < 1.29 is 32.9 Å². The fourth-order valence-corrected chi connectivity index (χ4v) is 2.35. The highest BCUT2D eigenvalue weighted by atomic mass is 32.2. The van der Waals surface area contributed by atoms with Crippen molar-refractivity contribution in [3.63, 3.8) is 0 Å². The largest absolute Gasteiger partial charge is 0.508 e. The Labute approximate surface area is 122 Å². The van der Waals surface area contributed by atoms with Crippen LogP contribution >= 0.6 is 0 Å². The number of benzene rings is 1. The second kappa shape index (κ2) is 7.81. The molecule has 21 heavy (non-hydrogen) atoms. The first-order chi connectivity index (χ1) is 9.84. The monoisotopic (exact) mass is 319 g/mol. The van der Waals surface area contributed by atoms with E-state index in [0.717, 1.165) is 18.2 Å². The number of phenolic OH excluding ortho intramolecular Hbond substituents is 1. The summed E-state index contributed by atoms with van der Waals surface area (Å²) < 4.78 is 35.5. The van der Waals surface area contributed by atoms with Crippen LogP contribution in [0.25, 0.3) is 0 Å². The zero-order chi connectivity index (χ0) is 15.9. The molecule has 118 valence electrons. The topological polar surface area (TPSA) is 122 Å². The highest BCUT2D eigenvalue weighted by Crippen LogP contribution is 2.20. The molecule has 0 bridgehead atoms. The third-order valence-electron chi connectivity index (χ3n) is 2.37. The van der Waals surface area contributed by atoms with Crippen LogP contribution in [0, 0.1) is 0 Å². The number of methoxy groups -OCH3 is 1. The quantitative estimate of drug-likeness (QED) is 0.566. The average Bonchev–Trinajstić information content (AvgIpc) is 2.37. The van der Waals surface area contributed by atoms with Crippen LogP contribution in [0.5, 0.6) is 5.75 Å². The molecule has 0 spiro atoms. The molecule has 0 atom stereocenters. The van der Waals surface area contributed by atoms with Gasteiger partial charge in [-0.25, -0.2) is 13.2 Å². The van der Waals surface area contributed by atoms with Gasteiger partial charge in [-0.15, -0.1) is 0 Å². The summed E-state index contributed by atoms with van der Waals surface area (Å²) in [4.78, 5) is 10.8. The molecule has 0 saturated heterocycles. The molecule has 0 unspecified atom stereocenters. The van der Waals surface area contributed by atoms with E-state index in [9.17, 15) is 18.3 Å². The number of nitrogens with one attached hydrogen (secondary N) is 1. The Balaban J connectivity index is 2.64. The SMILES string of the molecule is COCCOCCS(=O)(=O)Nc1cc(O)cc(C(=O)O)c1. The summed E-state index contributed by atoms with van der Waals surface area (Å²) in [5.41, 5.74) is -0.242. The molecule has 0 aliphatic carbocycles. The number of anilines is 1. The van der Waals surface area contributed by atoms with E-state index < -0.39 is 16.0 Å². The van der Waals surface area contributed by atoms with Gasteiger partial charge < -0.3 is 19.7 Å². The van der Waals surface area contributed by atoms with Crippen LogP contribution in [0.1, 0.15) is 10.4 Å². The molecule has 1 aromatic rings. The summed E-state index contributed by atoms with van der Waals surface area (Å²) in [6.45, 7) is 0.618. The van der Waals surface area contributed by atoms with Gasteiger partial charge in [0.2, 0.25) is 10.0 Å². The molecule has 0 aromatic heterocycles. The van der Waals surface area contributed by atoms with Crippen LogP contribution < -0.4 is 4.72 Å². The summed E-state index contributed by atoms with van der Waals surface area (Å²) in [6.07, 6.45) is 0. The molecule has 0 heterocycles. The van der Waals surface area contributed by atoms with Gasteiger partial charge in [0.05, 0.1) is 36.8 Å². The van der Waals surface area contributed by atoms with Gasteiger partial charge in [-0.3, -0.25) is 4.72 Å². The third kappa shape index (κ3) is 6.43. The molecule has 1 rings (SSSR count). The molecular weight excluding hydrogens is 302 g/mol. The number of rotatable bonds is 9. The summed E-state index contributed by atoms with van der Waals surface area (Å²) >= 11 is 0. The predicted octanol–water partition coefficient (Wildman–Crippen LogP) is 0.495. The van der Waals surface area contributed by atoms with Gasteiger partial charge >= 0.3 is 5.97 Å². The first kappa shape index (κ1) is 17.2. The predicted molar refractivity (Wildman–Crippen MR) is 75.2 cm³/mol. The molecule has 3 N–H and O–H groups in total. The Morgan fingerprint density at radius 1 is 1.24 bits per heavy atom. The summed E-state index contributed by atoms with van der Waals surface area (Å²) in [5.74, 6) is -1.91. The lowest BCUT2D eigenvalue weighted by molar-refractivity contribution is 0.0696. The van der Waals surface area contributed by atoms with Crippen LogP contribution in [0.15, 0.2) is 18.2 Å². The molecule has 0 amide bonds. The third-order valence-corrected chi connectivity index (χ3v) is 3.62. The summed E-state index contributed by atoms with van der Waals surface area (Å²) in [7, 11) is -2.20. The van der Waals surface area contributed by atoms with Crippen LogP contribution in [0.3, 0.4) is 0 Å². The van der Waals surface area contributed by atoms with E-state index in [1.165, 1.54) is 7.11 Å². The number of hydrogen-bond donors (Lipinski definition) is 3. The smallest absolute Gasteiger partial charge is 0.335 e. The highest BCUT2D eigenvalue weighted by Gasteiger charge is 2.13. The van der Waals surface area contributed by atoms with Gasteiger partial charge in [-0.05, 0) is 12.1 Å². The second-order valence-corrected chi connectivity index (χ2v) is 5.94. The maximum absolute atomic E-state index is 11.8. The van der Waals surface area contributed by atoms with E-state index >= 15 is 0 Å². The van der Waals surface area contributed by atoms with Crippen molar-refractivity contribution in [1.82, 2.24) is 0 Å². The van der Waals surface area contributed by atoms with Crippen molar-refractivity contribution in [2.45, 2.75) is 0 Å². The van der Waals surface area contributed by atoms with Crippen LogP contribution in [0.4, 0.5) is 5.69 Å². The molecule has 0 aliphatic rings. The van der Waals surface area contributed by atoms with Crippen molar-refractivity contribution in [1.29, 1.82) is 0 Å². The Kier molecular flexibility index (Phi) is 6.40. The van der Waals surface area contributed by atoms with Gasteiger partial charge in [0.25, 0.3) is 0 Å². The second-order valence-electron chi connectivity index (χ2n) is 4.10. The number of aromatic carboxylic acids is 1. The number of phenols is 1. The Morgan fingerprint density at radius 3 is 2.57 bits per heavy atom. The molecule has 0 saturated carbocycles. The van der Waals surface area contributed by atoms with Crippen LogP contribution in [-0.2, 0) is 19.5 Å². The number of carboxylic acid groups (broad SMARTS) is 1. The zero-order valence-electron chi connectivity index (χ0n) is 11.4. The lowest BCUT2D eigenvalue weighted by Crippen LogP contribution is -2.21. The van der Waals surface area contributed by atoms with Crippen molar-refractivity contribution in [3.05, 3.63) is 23.8 Å². The number of carbonyl (C=O) groups is 1. The minimum absolute atomic E-state index is 0.0238. The van der Waals surface area contributed by atoms with Crippen LogP contribution in [0.2, 0.25) is 0 Å². The zero-order valence-corrected chi connectivity index (χ0v) is 12.2. The average molecular weight is 319 g/mol. The minimum atomic E-state index is -3.70. The number of hydrogen-bond acceptors (Lipinski definition) is 6. The van der Waals surface area contributed by atoms with E-state index in [1.807, 2.05) is 0 Å². The lowest BCUT2D eigenvalue weighted by atomic mass is 10.2. The maximum Gasteiger partial charge on any atom is 0.335 e. The molecule has 0 fully saturated rings. The van der Waals surface area contributed by atoms with E-state index in [0.29, 0.717) is 6.61 Å². The lowest BCUT2D eigenvalue weighted by Gasteiger charge is -2.09. The Morgan fingerprint density at radius 2 is 1.95 bits per heavy atom. The molecule has 0 radical (unpaired) electrons. The number of ether oxygens (including phenoxy) is 2. The Hall–Kier alpha value is -1.84. The van der Waals surface area contributed by atoms with Crippen LogP contribution in [-0.4, -0.2) is 57.3 Å². The van der Waals surface area contributed by atoms with Gasteiger partial charge in [0, 0.05) is 13.2 Å². The normalized spacial score (nSPS) is 11.3. The Bertz CT molecular complexity index is 585. The summed E-state index contributed by atoms with van der Waals surface area (Å²) in [6, 6.07) is 3.26. The van der Waals surface area contributed by atoms with Crippen molar-refractivity contribution >= 4 is 21.7 Å². The number of aromatic hydroxyl groups is 1. The first-order valence-electron chi connectivity index (χ1n) is 5.98. The van der Waals surface area contributed by atoms with E-state index in [4.69, 9.17) is 14.6 Å². The van der Waals surface area contributed by atoms with Gasteiger partial charge in [-0.1, -0.05) is 0 Å². The van der Waals surface area contributed by atoms with Gasteiger partial charge in [0.1, 0.15) is 5.75 Å². The van der Waals surface area contributed by atoms with Gasteiger partial charge in [-0.2, -0.15) is 0 Å². The standard InChI is InChI=1S/C12H17NO7S/c1-19-2-3-20-4-5-21(17,18)13-10-6-9(12(15)16)7-11(14)8-10/h6-8,13-14H,2-5H2,1H3,(H,15,16). The van der Waals surface area contributed by atoms with Crippen molar-refractivity contribution in [3.8, 4) is 5.75 Å². The molecule has 9 heteroatoms. The first-order valence-corrected chi connectivity index (χ1v) is 7.64. The minimum Gasteiger partial charge on any atom is -0.508 e. The molecular formula is C12H17NO7S. The van der Waals surface area contributed by atoms with E-state index in [-0.39, 0.29) is 36.0 Å². The summed E-state index contributed by atoms with van der Waals surface area (Å²) in [5, 5.41) is 18.2. The van der Waals surface area contributed by atoms with E-state index in [2.05, 4.69) is 4.72 Å². The highest BCUT2D eigenvalue weighted by molar-refractivity contribution is 7.92. The maximum atomic E-state index is 11.8. The number of carboxylic acids is 1. The molecule has 1 aromatic carbocycles. The van der Waals surface area contributed by atoms with Crippen molar-refractivity contribution in [2.24, 2.45) is 0 Å². The van der Waals surface area contributed by atoms with E-state index in [1.54, 1.807) is 0 Å². The number of sulfonamides is 1. The fourth-order valence-electron chi connectivity index (χ4n) is 1.44. The van der Waals surface area contributed by atoms with Gasteiger partial charge in [0.15, 0.2) is 0 Å². The molecule has 0 aliphatic heterocycles. The van der Waals surface area contributed by atoms with Crippen molar-refractivity contribution in [2.75, 3.05) is 37.4 Å². The molecule has 8 nitrogen and oxygen atoms in total. The fraction of sp³-hybridized carbons (Fsp3) is 0.417.